The average molecular weight is 370 g/mol. The molecule has 0 radical (unpaired) electrons. The summed E-state index contributed by atoms with van der Waals surface area (Å²) in [6, 6.07) is 11.2. The van der Waals surface area contributed by atoms with Crippen molar-refractivity contribution in [2.24, 2.45) is 0 Å². The predicted molar refractivity (Wildman–Crippen MR) is 103 cm³/mol. The van der Waals surface area contributed by atoms with Crippen molar-refractivity contribution in [3.63, 3.8) is 0 Å². The Kier molecular flexibility index (Phi) is 6.49. The van der Waals surface area contributed by atoms with Crippen molar-refractivity contribution in [3.05, 3.63) is 54.0 Å². The Morgan fingerprint density at radius 3 is 2.70 bits per heavy atom. The smallest absolute Gasteiger partial charge is 0.319 e. The molecule has 1 aromatic heterocycles. The van der Waals surface area contributed by atoms with Crippen LogP contribution in [0.25, 0.3) is 0 Å². The summed E-state index contributed by atoms with van der Waals surface area (Å²) in [6.45, 7) is 2.66. The molecule has 1 aromatic carbocycles. The first-order chi connectivity index (χ1) is 13.1. The number of hydrogen-bond acceptors (Lipinski definition) is 4. The number of piperidine rings is 1. The van der Waals surface area contributed by atoms with E-state index in [1.807, 2.05) is 36.4 Å². The quantitative estimate of drug-likeness (QED) is 0.729. The summed E-state index contributed by atoms with van der Waals surface area (Å²) in [4.78, 5) is 26.1. The summed E-state index contributed by atoms with van der Waals surface area (Å²) in [7, 11) is 1.61. The molecule has 1 fully saturated rings. The van der Waals surface area contributed by atoms with Gasteiger partial charge in [0.1, 0.15) is 5.76 Å². The number of amides is 3. The lowest BCUT2D eigenvalue weighted by atomic mass is 10.1. The molecule has 0 spiro atoms. The molecule has 0 aliphatic carbocycles. The maximum absolute atomic E-state index is 12.3. The van der Waals surface area contributed by atoms with E-state index in [1.165, 1.54) is 0 Å². The summed E-state index contributed by atoms with van der Waals surface area (Å²) >= 11 is 0. The van der Waals surface area contributed by atoms with E-state index in [-0.39, 0.29) is 18.0 Å². The van der Waals surface area contributed by atoms with Crippen LogP contribution in [-0.2, 0) is 17.8 Å². The minimum Gasteiger partial charge on any atom is -0.468 e. The number of carbonyl (C=O) groups excluding carboxylic acids is 2. The minimum atomic E-state index is -0.212. The van der Waals surface area contributed by atoms with Crippen molar-refractivity contribution in [2.75, 3.05) is 25.5 Å². The van der Waals surface area contributed by atoms with Gasteiger partial charge in [-0.15, -0.1) is 0 Å². The van der Waals surface area contributed by atoms with Crippen molar-refractivity contribution in [3.8, 4) is 0 Å². The summed E-state index contributed by atoms with van der Waals surface area (Å²) in [6.07, 6.45) is 3.80. The fourth-order valence-corrected chi connectivity index (χ4v) is 3.24. The Morgan fingerprint density at radius 1 is 1.19 bits per heavy atom. The number of furan rings is 1. The molecule has 1 aliphatic rings. The SMILES string of the molecule is CNC(=O)Cc1cccc(NC(=O)NC2CCN(Cc3ccco3)CC2)c1. The van der Waals surface area contributed by atoms with Crippen LogP contribution in [0.1, 0.15) is 24.2 Å². The van der Waals surface area contributed by atoms with Gasteiger partial charge in [-0.1, -0.05) is 12.1 Å². The third-order valence-electron chi connectivity index (χ3n) is 4.71. The fraction of sp³-hybridized carbons (Fsp3) is 0.400. The van der Waals surface area contributed by atoms with Crippen molar-refractivity contribution in [1.82, 2.24) is 15.5 Å². The van der Waals surface area contributed by atoms with E-state index in [1.54, 1.807) is 13.3 Å². The van der Waals surface area contributed by atoms with E-state index in [0.29, 0.717) is 12.1 Å². The number of anilines is 1. The predicted octanol–water partition coefficient (Wildman–Crippen LogP) is 2.35. The second-order valence-corrected chi connectivity index (χ2v) is 6.78. The zero-order valence-electron chi connectivity index (χ0n) is 15.5. The number of hydrogen-bond donors (Lipinski definition) is 3. The van der Waals surface area contributed by atoms with Gasteiger partial charge in [0.25, 0.3) is 0 Å². The van der Waals surface area contributed by atoms with Gasteiger partial charge in [0, 0.05) is 31.9 Å². The van der Waals surface area contributed by atoms with E-state index in [9.17, 15) is 9.59 Å². The molecule has 1 saturated heterocycles. The average Bonchev–Trinajstić information content (AvgIpc) is 3.16. The van der Waals surface area contributed by atoms with Crippen LogP contribution in [0.5, 0.6) is 0 Å². The van der Waals surface area contributed by atoms with Gasteiger partial charge in [-0.2, -0.15) is 0 Å². The standard InChI is InChI=1S/C20H26N4O3/c1-21-19(25)13-15-4-2-5-17(12-15)23-20(26)22-16-7-9-24(10-8-16)14-18-6-3-11-27-18/h2-6,11-12,16H,7-10,13-14H2,1H3,(H,21,25)(H2,22,23,26). The van der Waals surface area contributed by atoms with E-state index >= 15 is 0 Å². The molecule has 0 bridgehead atoms. The van der Waals surface area contributed by atoms with Crippen molar-refractivity contribution >= 4 is 17.6 Å². The van der Waals surface area contributed by atoms with Crippen LogP contribution in [-0.4, -0.2) is 43.0 Å². The molecule has 1 aliphatic heterocycles. The number of likely N-dealkylation sites (N-methyl/N-ethyl adjacent to an activating group) is 1. The fourth-order valence-electron chi connectivity index (χ4n) is 3.24. The maximum atomic E-state index is 12.3. The zero-order chi connectivity index (χ0) is 19.1. The third-order valence-corrected chi connectivity index (χ3v) is 4.71. The lowest BCUT2D eigenvalue weighted by molar-refractivity contribution is -0.119. The van der Waals surface area contributed by atoms with Crippen molar-refractivity contribution in [2.45, 2.75) is 31.8 Å². The van der Waals surface area contributed by atoms with Gasteiger partial charge >= 0.3 is 6.03 Å². The van der Waals surface area contributed by atoms with Crippen LogP contribution in [0.3, 0.4) is 0 Å². The Morgan fingerprint density at radius 2 is 2.00 bits per heavy atom. The Bertz CT molecular complexity index is 752. The molecular weight excluding hydrogens is 344 g/mol. The normalized spacial score (nSPS) is 15.3. The summed E-state index contributed by atoms with van der Waals surface area (Å²) in [5, 5.41) is 8.49. The monoisotopic (exact) mass is 370 g/mol. The van der Waals surface area contributed by atoms with Gasteiger partial charge in [0.2, 0.25) is 5.91 Å². The molecule has 0 atom stereocenters. The van der Waals surface area contributed by atoms with Gasteiger partial charge in [0.15, 0.2) is 0 Å². The first-order valence-corrected chi connectivity index (χ1v) is 9.24. The largest absolute Gasteiger partial charge is 0.468 e. The molecular formula is C20H26N4O3. The highest BCUT2D eigenvalue weighted by Crippen LogP contribution is 2.15. The molecule has 0 saturated carbocycles. The van der Waals surface area contributed by atoms with Gasteiger partial charge < -0.3 is 20.4 Å². The molecule has 7 heteroatoms. The first-order valence-electron chi connectivity index (χ1n) is 9.24. The molecule has 27 heavy (non-hydrogen) atoms. The summed E-state index contributed by atoms with van der Waals surface area (Å²) < 4.78 is 5.39. The number of nitrogens with zero attached hydrogens (tertiary/aromatic N) is 1. The van der Waals surface area contributed by atoms with Crippen molar-refractivity contribution < 1.29 is 14.0 Å². The van der Waals surface area contributed by atoms with Gasteiger partial charge in [0.05, 0.1) is 19.2 Å². The Labute approximate surface area is 159 Å². The van der Waals surface area contributed by atoms with Crippen molar-refractivity contribution in [1.29, 1.82) is 0 Å². The number of benzene rings is 1. The molecule has 144 valence electrons. The molecule has 2 aromatic rings. The second-order valence-electron chi connectivity index (χ2n) is 6.78. The number of urea groups is 1. The highest BCUT2D eigenvalue weighted by molar-refractivity contribution is 5.89. The van der Waals surface area contributed by atoms with E-state index < -0.39 is 0 Å². The number of carbonyl (C=O) groups is 2. The van der Waals surface area contributed by atoms with Crippen LogP contribution in [0.2, 0.25) is 0 Å². The molecule has 7 nitrogen and oxygen atoms in total. The van der Waals surface area contributed by atoms with Crippen LogP contribution in [0, 0.1) is 0 Å². The second kappa shape index (κ2) is 9.23. The first kappa shape index (κ1) is 19.0. The maximum Gasteiger partial charge on any atom is 0.319 e. The lowest BCUT2D eigenvalue weighted by Crippen LogP contribution is -2.45. The molecule has 0 unspecified atom stereocenters. The summed E-state index contributed by atoms with van der Waals surface area (Å²) in [5.41, 5.74) is 1.54. The van der Waals surface area contributed by atoms with Crippen LogP contribution in [0.4, 0.5) is 10.5 Å². The third kappa shape index (κ3) is 5.86. The van der Waals surface area contributed by atoms with E-state index in [4.69, 9.17) is 4.42 Å². The highest BCUT2D eigenvalue weighted by Gasteiger charge is 2.21. The van der Waals surface area contributed by atoms with Crippen LogP contribution >= 0.6 is 0 Å². The van der Waals surface area contributed by atoms with Crippen LogP contribution < -0.4 is 16.0 Å². The van der Waals surface area contributed by atoms with Gasteiger partial charge in [-0.3, -0.25) is 9.69 Å². The zero-order valence-corrected chi connectivity index (χ0v) is 15.5. The van der Waals surface area contributed by atoms with E-state index in [0.717, 1.165) is 43.8 Å². The number of likely N-dealkylation sites (tertiary alicyclic amines) is 1. The Balaban J connectivity index is 1.43. The van der Waals surface area contributed by atoms with E-state index in [2.05, 4.69) is 20.9 Å². The molecule has 2 heterocycles. The van der Waals surface area contributed by atoms with Crippen LogP contribution in [0.15, 0.2) is 47.1 Å². The lowest BCUT2D eigenvalue weighted by Gasteiger charge is -2.31. The number of rotatable bonds is 6. The highest BCUT2D eigenvalue weighted by atomic mass is 16.3. The molecule has 3 rings (SSSR count). The summed E-state index contributed by atoms with van der Waals surface area (Å²) in [5.74, 6) is 0.911. The minimum absolute atomic E-state index is 0.0575. The Hall–Kier alpha value is -2.80. The molecule has 3 amide bonds. The topological polar surface area (TPSA) is 86.6 Å². The van der Waals surface area contributed by atoms with Gasteiger partial charge in [-0.05, 0) is 42.7 Å². The van der Waals surface area contributed by atoms with Gasteiger partial charge in [-0.25, -0.2) is 4.79 Å². The molecule has 3 N–H and O–H groups in total. The number of nitrogens with one attached hydrogen (secondary N) is 3.